The first-order chi connectivity index (χ1) is 17.0. The third-order valence-electron chi connectivity index (χ3n) is 7.17. The molecule has 0 radical (unpaired) electrons. The molecule has 1 fully saturated rings. The maximum atomic E-state index is 13.3. The van der Waals surface area contributed by atoms with E-state index in [4.69, 9.17) is 0 Å². The molecule has 1 heterocycles. The van der Waals surface area contributed by atoms with E-state index in [0.29, 0.717) is 30.1 Å². The van der Waals surface area contributed by atoms with Crippen LogP contribution in [0.1, 0.15) is 68.8 Å². The number of rotatable bonds is 11. The van der Waals surface area contributed by atoms with E-state index in [-0.39, 0.29) is 17.7 Å². The molecule has 1 atom stereocenters. The Hall–Kier alpha value is -2.86. The number of carbonyl (C=O) groups excluding carboxylic acids is 2. The van der Waals surface area contributed by atoms with Crippen LogP contribution in [0.15, 0.2) is 48.5 Å². The molecular weight excluding hydrogens is 436 g/mol. The topological polar surface area (TPSA) is 64.7 Å². The van der Waals surface area contributed by atoms with E-state index in [2.05, 4.69) is 41.2 Å². The van der Waals surface area contributed by atoms with Gasteiger partial charge in [0.25, 0.3) is 5.91 Å². The molecule has 0 saturated carbocycles. The zero-order valence-corrected chi connectivity index (χ0v) is 21.8. The molecule has 2 N–H and O–H groups in total. The fourth-order valence-corrected chi connectivity index (χ4v) is 4.77. The molecule has 1 aliphatic rings. The molecule has 2 aromatic rings. The summed E-state index contributed by atoms with van der Waals surface area (Å²) in [6.07, 6.45) is 2.95. The number of piperidine rings is 1. The summed E-state index contributed by atoms with van der Waals surface area (Å²) in [6.45, 7) is 13.8. The quantitative estimate of drug-likeness (QED) is 0.470. The molecule has 3 rings (SSSR count). The van der Waals surface area contributed by atoms with Crippen molar-refractivity contribution < 1.29 is 9.59 Å². The first kappa shape index (κ1) is 26.7. The summed E-state index contributed by atoms with van der Waals surface area (Å²) in [5.74, 6) is 0.342. The zero-order valence-electron chi connectivity index (χ0n) is 21.8. The number of nitrogens with one attached hydrogen (secondary N) is 2. The Morgan fingerprint density at radius 2 is 1.71 bits per heavy atom. The van der Waals surface area contributed by atoms with E-state index in [1.807, 2.05) is 55.5 Å². The Bertz CT molecular complexity index is 950. The van der Waals surface area contributed by atoms with E-state index in [0.717, 1.165) is 56.8 Å². The number of likely N-dealkylation sites (N-methyl/N-ethyl adjacent to an activating group) is 1. The van der Waals surface area contributed by atoms with Crippen molar-refractivity contribution in [1.82, 2.24) is 10.2 Å². The van der Waals surface area contributed by atoms with Gasteiger partial charge < -0.3 is 20.4 Å². The van der Waals surface area contributed by atoms with Crippen LogP contribution in [0.4, 0.5) is 11.4 Å². The Morgan fingerprint density at radius 1 is 1.03 bits per heavy atom. The van der Waals surface area contributed by atoms with E-state index in [9.17, 15) is 9.59 Å². The van der Waals surface area contributed by atoms with Crippen LogP contribution in [0.5, 0.6) is 0 Å². The lowest BCUT2D eigenvalue weighted by Crippen LogP contribution is -2.37. The normalized spacial score (nSPS) is 15.2. The average Bonchev–Trinajstić information content (AvgIpc) is 2.88. The minimum Gasteiger partial charge on any atom is -0.371 e. The summed E-state index contributed by atoms with van der Waals surface area (Å²) < 4.78 is 0. The first-order valence-electron chi connectivity index (χ1n) is 13.2. The van der Waals surface area contributed by atoms with Crippen LogP contribution in [0.3, 0.4) is 0 Å². The number of carbonyl (C=O) groups is 2. The van der Waals surface area contributed by atoms with Crippen LogP contribution in [-0.4, -0.2) is 56.0 Å². The molecule has 2 amide bonds. The van der Waals surface area contributed by atoms with Gasteiger partial charge in [-0.25, -0.2) is 0 Å². The highest BCUT2D eigenvalue weighted by atomic mass is 16.2. The number of amides is 2. The van der Waals surface area contributed by atoms with Crippen molar-refractivity contribution in [3.05, 3.63) is 59.7 Å². The number of hydrogen-bond donors (Lipinski definition) is 2. The lowest BCUT2D eigenvalue weighted by Gasteiger charge is -2.33. The van der Waals surface area contributed by atoms with E-state index >= 15 is 0 Å². The molecule has 1 unspecified atom stereocenters. The number of nitrogens with zero attached hydrogens (tertiary/aromatic N) is 2. The lowest BCUT2D eigenvalue weighted by atomic mass is 9.95. The van der Waals surface area contributed by atoms with Gasteiger partial charge in [0, 0.05) is 37.6 Å². The van der Waals surface area contributed by atoms with Gasteiger partial charge in [-0.3, -0.25) is 9.59 Å². The molecule has 190 valence electrons. The maximum Gasteiger partial charge on any atom is 0.253 e. The Kier molecular flexibility index (Phi) is 10.2. The van der Waals surface area contributed by atoms with Crippen molar-refractivity contribution in [2.75, 3.05) is 49.5 Å². The van der Waals surface area contributed by atoms with Crippen molar-refractivity contribution in [1.29, 1.82) is 0 Å². The summed E-state index contributed by atoms with van der Waals surface area (Å²) in [6, 6.07) is 15.6. The highest BCUT2D eigenvalue weighted by Crippen LogP contribution is 2.29. The average molecular weight is 479 g/mol. The molecular formula is C29H42N4O2. The Balaban J connectivity index is 1.80. The molecule has 0 aromatic heterocycles. The van der Waals surface area contributed by atoms with Crippen LogP contribution >= 0.6 is 0 Å². The molecule has 6 nitrogen and oxygen atoms in total. The zero-order chi connectivity index (χ0) is 25.2. The summed E-state index contributed by atoms with van der Waals surface area (Å²) >= 11 is 0. The second kappa shape index (κ2) is 13.3. The van der Waals surface area contributed by atoms with E-state index in [1.54, 1.807) is 0 Å². The van der Waals surface area contributed by atoms with E-state index < -0.39 is 0 Å². The summed E-state index contributed by atoms with van der Waals surface area (Å²) in [7, 11) is 0. The van der Waals surface area contributed by atoms with Gasteiger partial charge in [0.15, 0.2) is 0 Å². The van der Waals surface area contributed by atoms with Crippen molar-refractivity contribution in [2.45, 2.75) is 52.9 Å². The largest absolute Gasteiger partial charge is 0.371 e. The maximum absolute atomic E-state index is 13.3. The predicted octanol–water partition coefficient (Wildman–Crippen LogP) is 5.13. The highest BCUT2D eigenvalue weighted by molar-refractivity contribution is 6.02. The predicted molar refractivity (Wildman–Crippen MR) is 145 cm³/mol. The van der Waals surface area contributed by atoms with Crippen molar-refractivity contribution in [3.63, 3.8) is 0 Å². The smallest absolute Gasteiger partial charge is 0.253 e. The molecule has 0 spiro atoms. The molecule has 2 aromatic carbocycles. The summed E-state index contributed by atoms with van der Waals surface area (Å²) in [5, 5.41) is 6.18. The van der Waals surface area contributed by atoms with Gasteiger partial charge in [-0.05, 0) is 62.0 Å². The van der Waals surface area contributed by atoms with Crippen LogP contribution in [0, 0.1) is 5.92 Å². The second-order valence-electron chi connectivity index (χ2n) is 9.55. The monoisotopic (exact) mass is 478 g/mol. The number of anilines is 2. The molecule has 35 heavy (non-hydrogen) atoms. The third kappa shape index (κ3) is 7.31. The molecule has 6 heteroatoms. The van der Waals surface area contributed by atoms with Gasteiger partial charge in [-0.1, -0.05) is 58.0 Å². The second-order valence-corrected chi connectivity index (χ2v) is 9.55. The van der Waals surface area contributed by atoms with Crippen LogP contribution in [-0.2, 0) is 4.79 Å². The molecule has 1 saturated heterocycles. The van der Waals surface area contributed by atoms with Gasteiger partial charge in [-0.15, -0.1) is 0 Å². The van der Waals surface area contributed by atoms with Crippen molar-refractivity contribution >= 4 is 23.2 Å². The van der Waals surface area contributed by atoms with Crippen LogP contribution < -0.4 is 15.5 Å². The summed E-state index contributed by atoms with van der Waals surface area (Å²) in [5.41, 5.74) is 3.24. The van der Waals surface area contributed by atoms with Gasteiger partial charge in [0.1, 0.15) is 0 Å². The SMILES string of the molecule is CCC(C(=O)Nc1ccc(N2CCC(C)CC2)c(C(=O)NCCN(CC)CC)c1)c1ccccc1. The minimum absolute atomic E-state index is 0.0499. The Morgan fingerprint density at radius 3 is 2.34 bits per heavy atom. The van der Waals surface area contributed by atoms with Gasteiger partial charge in [0.2, 0.25) is 5.91 Å². The van der Waals surface area contributed by atoms with Gasteiger partial charge in [0.05, 0.1) is 11.5 Å². The van der Waals surface area contributed by atoms with Crippen molar-refractivity contribution in [3.8, 4) is 0 Å². The van der Waals surface area contributed by atoms with E-state index in [1.165, 1.54) is 0 Å². The Labute approximate surface area is 211 Å². The fraction of sp³-hybridized carbons (Fsp3) is 0.517. The fourth-order valence-electron chi connectivity index (χ4n) is 4.77. The van der Waals surface area contributed by atoms with Gasteiger partial charge >= 0.3 is 0 Å². The van der Waals surface area contributed by atoms with Crippen molar-refractivity contribution in [2.24, 2.45) is 5.92 Å². The van der Waals surface area contributed by atoms with Crippen LogP contribution in [0.2, 0.25) is 0 Å². The lowest BCUT2D eigenvalue weighted by molar-refractivity contribution is -0.117. The third-order valence-corrected chi connectivity index (χ3v) is 7.17. The minimum atomic E-state index is -0.231. The number of benzene rings is 2. The standard InChI is InChI=1S/C29H42N4O2/c1-5-25(23-11-9-8-10-12-23)29(35)31-24-13-14-27(33-18-15-22(4)16-19-33)26(21-24)28(34)30-17-20-32(6-2)7-3/h8-14,21-22,25H,5-7,15-20H2,1-4H3,(H,30,34)(H,31,35). The number of hydrogen-bond acceptors (Lipinski definition) is 4. The van der Waals surface area contributed by atoms with Gasteiger partial charge in [-0.2, -0.15) is 0 Å². The molecule has 0 bridgehead atoms. The first-order valence-corrected chi connectivity index (χ1v) is 13.2. The highest BCUT2D eigenvalue weighted by Gasteiger charge is 2.23. The molecule has 1 aliphatic heterocycles. The van der Waals surface area contributed by atoms with Crippen LogP contribution in [0.25, 0.3) is 0 Å². The molecule has 0 aliphatic carbocycles. The summed E-state index contributed by atoms with van der Waals surface area (Å²) in [4.78, 5) is 31.0.